The minimum Gasteiger partial charge on any atom is -0.448 e. The van der Waals surface area contributed by atoms with E-state index in [0.29, 0.717) is 9.75 Å². The molecular weight excluding hydrogens is 350 g/mol. The summed E-state index contributed by atoms with van der Waals surface area (Å²) in [5.41, 5.74) is 2.39. The number of aryl methyl sites for hydroxylation is 1. The van der Waals surface area contributed by atoms with Gasteiger partial charge in [-0.15, -0.1) is 11.3 Å². The molecule has 26 heavy (non-hydrogen) atoms. The fourth-order valence-corrected chi connectivity index (χ4v) is 3.89. The SMILES string of the molecule is CC(=O)c1ccc(C(=O)O[C@H](C)C(=O)N[C@@H]2CCCc3ccccc32)s1. The van der Waals surface area contributed by atoms with E-state index >= 15 is 0 Å². The van der Waals surface area contributed by atoms with Gasteiger partial charge in [-0.05, 0) is 56.4 Å². The first-order valence-electron chi connectivity index (χ1n) is 8.65. The zero-order valence-corrected chi connectivity index (χ0v) is 15.6. The van der Waals surface area contributed by atoms with Crippen molar-refractivity contribution in [3.05, 3.63) is 57.3 Å². The maximum Gasteiger partial charge on any atom is 0.349 e. The summed E-state index contributed by atoms with van der Waals surface area (Å²) in [5, 5.41) is 2.99. The fraction of sp³-hybridized carbons (Fsp3) is 0.350. The van der Waals surface area contributed by atoms with Crippen LogP contribution >= 0.6 is 11.3 Å². The lowest BCUT2D eigenvalue weighted by Crippen LogP contribution is -2.39. The number of amides is 1. The van der Waals surface area contributed by atoms with E-state index in [4.69, 9.17) is 4.74 Å². The third kappa shape index (κ3) is 4.02. The van der Waals surface area contributed by atoms with Gasteiger partial charge < -0.3 is 10.1 Å². The molecule has 0 bridgehead atoms. The predicted octanol–water partition coefficient (Wildman–Crippen LogP) is 3.69. The summed E-state index contributed by atoms with van der Waals surface area (Å²) in [6, 6.07) is 11.2. The Bertz CT molecular complexity index is 842. The lowest BCUT2D eigenvalue weighted by atomic mass is 9.87. The first-order valence-corrected chi connectivity index (χ1v) is 9.47. The van der Waals surface area contributed by atoms with Gasteiger partial charge in [0.2, 0.25) is 0 Å². The van der Waals surface area contributed by atoms with Crippen LogP contribution in [0.3, 0.4) is 0 Å². The summed E-state index contributed by atoms with van der Waals surface area (Å²) in [5.74, 6) is -1.01. The number of hydrogen-bond acceptors (Lipinski definition) is 5. The van der Waals surface area contributed by atoms with Crippen molar-refractivity contribution in [1.29, 1.82) is 0 Å². The van der Waals surface area contributed by atoms with E-state index in [1.807, 2.05) is 18.2 Å². The molecule has 0 saturated carbocycles. The maximum absolute atomic E-state index is 12.5. The first-order chi connectivity index (χ1) is 12.5. The Morgan fingerprint density at radius 1 is 1.15 bits per heavy atom. The molecule has 0 saturated heterocycles. The molecule has 1 amide bonds. The van der Waals surface area contributed by atoms with Crippen molar-refractivity contribution in [2.45, 2.75) is 45.3 Å². The van der Waals surface area contributed by atoms with Crippen LogP contribution in [0.1, 0.15) is 63.2 Å². The molecule has 2 atom stereocenters. The molecule has 0 spiro atoms. The third-order valence-corrected chi connectivity index (χ3v) is 5.66. The number of thiophene rings is 1. The van der Waals surface area contributed by atoms with Crippen molar-refractivity contribution in [3.63, 3.8) is 0 Å². The highest BCUT2D eigenvalue weighted by Crippen LogP contribution is 2.29. The highest BCUT2D eigenvalue weighted by molar-refractivity contribution is 7.15. The Balaban J connectivity index is 1.61. The Morgan fingerprint density at radius 2 is 1.88 bits per heavy atom. The minimum absolute atomic E-state index is 0.0559. The molecule has 6 heteroatoms. The molecule has 3 rings (SSSR count). The third-order valence-electron chi connectivity index (χ3n) is 4.49. The number of rotatable bonds is 5. The fourth-order valence-electron chi connectivity index (χ4n) is 3.10. The van der Waals surface area contributed by atoms with Crippen LogP contribution in [0.15, 0.2) is 36.4 Å². The van der Waals surface area contributed by atoms with Gasteiger partial charge in [-0.25, -0.2) is 4.79 Å². The summed E-state index contributed by atoms with van der Waals surface area (Å²) in [6.07, 6.45) is 2.00. The highest BCUT2D eigenvalue weighted by Gasteiger charge is 2.26. The van der Waals surface area contributed by atoms with Gasteiger partial charge >= 0.3 is 5.97 Å². The Kier molecular flexibility index (Phi) is 5.52. The van der Waals surface area contributed by atoms with Crippen molar-refractivity contribution < 1.29 is 19.1 Å². The lowest BCUT2D eigenvalue weighted by molar-refractivity contribution is -0.130. The van der Waals surface area contributed by atoms with E-state index in [0.717, 1.165) is 36.2 Å². The van der Waals surface area contributed by atoms with Crippen LogP contribution < -0.4 is 5.32 Å². The van der Waals surface area contributed by atoms with Crippen LogP contribution in [-0.2, 0) is 16.0 Å². The molecule has 0 aliphatic heterocycles. The average molecular weight is 371 g/mol. The second-order valence-electron chi connectivity index (χ2n) is 6.42. The molecular formula is C20H21NO4S. The average Bonchev–Trinajstić information content (AvgIpc) is 3.12. The van der Waals surface area contributed by atoms with E-state index in [-0.39, 0.29) is 17.7 Å². The topological polar surface area (TPSA) is 72.5 Å². The van der Waals surface area contributed by atoms with E-state index in [1.54, 1.807) is 19.1 Å². The summed E-state index contributed by atoms with van der Waals surface area (Å²) < 4.78 is 5.27. The molecule has 1 heterocycles. The number of nitrogens with one attached hydrogen (secondary N) is 1. The van der Waals surface area contributed by atoms with E-state index in [2.05, 4.69) is 11.4 Å². The van der Waals surface area contributed by atoms with Gasteiger partial charge in [-0.1, -0.05) is 24.3 Å². The largest absolute Gasteiger partial charge is 0.448 e. The minimum atomic E-state index is -0.903. The second-order valence-corrected chi connectivity index (χ2v) is 7.50. The number of hydrogen-bond donors (Lipinski definition) is 1. The number of carbonyl (C=O) groups is 3. The Labute approximate surface area is 156 Å². The van der Waals surface area contributed by atoms with E-state index in [1.165, 1.54) is 12.5 Å². The summed E-state index contributed by atoms with van der Waals surface area (Å²) >= 11 is 1.07. The number of Topliss-reactive ketones (excluding diaryl/α,β-unsaturated/α-hetero) is 1. The Hall–Kier alpha value is -2.47. The van der Waals surface area contributed by atoms with Crippen molar-refractivity contribution in [2.75, 3.05) is 0 Å². The van der Waals surface area contributed by atoms with Gasteiger partial charge in [0.1, 0.15) is 4.88 Å². The normalized spacial score (nSPS) is 17.1. The zero-order valence-electron chi connectivity index (χ0n) is 14.8. The number of ether oxygens (including phenoxy) is 1. The monoisotopic (exact) mass is 371 g/mol. The molecule has 0 radical (unpaired) electrons. The van der Waals surface area contributed by atoms with Crippen LogP contribution in [-0.4, -0.2) is 23.8 Å². The van der Waals surface area contributed by atoms with E-state index < -0.39 is 12.1 Å². The zero-order chi connectivity index (χ0) is 18.7. The summed E-state index contributed by atoms with van der Waals surface area (Å²) in [7, 11) is 0. The lowest BCUT2D eigenvalue weighted by Gasteiger charge is -2.27. The van der Waals surface area contributed by atoms with Gasteiger partial charge in [0.25, 0.3) is 5.91 Å². The second kappa shape index (κ2) is 7.83. The molecule has 1 aromatic heterocycles. The molecule has 5 nitrogen and oxygen atoms in total. The molecule has 0 fully saturated rings. The molecule has 2 aromatic rings. The van der Waals surface area contributed by atoms with Crippen LogP contribution in [0.4, 0.5) is 0 Å². The molecule has 1 aliphatic carbocycles. The predicted molar refractivity (Wildman–Crippen MR) is 99.5 cm³/mol. The van der Waals surface area contributed by atoms with Gasteiger partial charge in [-0.3, -0.25) is 9.59 Å². The number of fused-ring (bicyclic) bond motifs is 1. The molecule has 1 N–H and O–H groups in total. The number of benzene rings is 1. The van der Waals surface area contributed by atoms with E-state index in [9.17, 15) is 14.4 Å². The van der Waals surface area contributed by atoms with Gasteiger partial charge in [0, 0.05) is 0 Å². The quantitative estimate of drug-likeness (QED) is 0.643. The standard InChI is InChI=1S/C20H21NO4S/c1-12(22)17-10-11-18(26-17)20(24)25-13(2)19(23)21-16-9-5-7-14-6-3-4-8-15(14)16/h3-4,6,8,10-11,13,16H,5,7,9H2,1-2H3,(H,21,23)/t13-,16-/m1/s1. The smallest absolute Gasteiger partial charge is 0.349 e. The molecule has 0 unspecified atom stereocenters. The van der Waals surface area contributed by atoms with Gasteiger partial charge in [0.05, 0.1) is 10.9 Å². The number of carbonyl (C=O) groups excluding carboxylic acids is 3. The van der Waals surface area contributed by atoms with Crippen molar-refractivity contribution in [2.24, 2.45) is 0 Å². The molecule has 136 valence electrons. The maximum atomic E-state index is 12.5. The van der Waals surface area contributed by atoms with Crippen LogP contribution in [0.2, 0.25) is 0 Å². The van der Waals surface area contributed by atoms with Crippen molar-refractivity contribution >= 4 is 29.0 Å². The summed E-state index contributed by atoms with van der Waals surface area (Å²) in [6.45, 7) is 3.00. The Morgan fingerprint density at radius 3 is 2.62 bits per heavy atom. The van der Waals surface area contributed by atoms with Gasteiger partial charge in [-0.2, -0.15) is 0 Å². The number of ketones is 1. The van der Waals surface area contributed by atoms with Crippen LogP contribution in [0.5, 0.6) is 0 Å². The number of esters is 1. The molecule has 1 aliphatic rings. The van der Waals surface area contributed by atoms with Gasteiger partial charge in [0.15, 0.2) is 11.9 Å². The molecule has 1 aromatic carbocycles. The van der Waals surface area contributed by atoms with Crippen LogP contribution in [0.25, 0.3) is 0 Å². The summed E-state index contributed by atoms with van der Waals surface area (Å²) in [4.78, 5) is 36.8. The van der Waals surface area contributed by atoms with Crippen LogP contribution in [0, 0.1) is 0 Å². The highest BCUT2D eigenvalue weighted by atomic mass is 32.1. The van der Waals surface area contributed by atoms with Crippen molar-refractivity contribution in [1.82, 2.24) is 5.32 Å². The van der Waals surface area contributed by atoms with Crippen molar-refractivity contribution in [3.8, 4) is 0 Å². The first kappa shape index (κ1) is 18.3.